The van der Waals surface area contributed by atoms with Gasteiger partial charge in [0.15, 0.2) is 17.2 Å². The molecule has 17 heavy (non-hydrogen) atoms. The molecule has 0 saturated heterocycles. The van der Waals surface area contributed by atoms with Gasteiger partial charge in [-0.15, -0.1) is 0 Å². The molecule has 0 aliphatic carbocycles. The summed E-state index contributed by atoms with van der Waals surface area (Å²) in [5.41, 5.74) is 0.701. The highest BCUT2D eigenvalue weighted by molar-refractivity contribution is 6.06. The van der Waals surface area contributed by atoms with Crippen LogP contribution in [0.5, 0.6) is 5.75 Å². The first-order chi connectivity index (χ1) is 8.09. The van der Waals surface area contributed by atoms with Crippen molar-refractivity contribution >= 4 is 21.8 Å². The summed E-state index contributed by atoms with van der Waals surface area (Å²) >= 11 is 0. The predicted octanol–water partition coefficient (Wildman–Crippen LogP) is 2.40. The zero-order chi connectivity index (χ0) is 12.2. The van der Waals surface area contributed by atoms with Crippen molar-refractivity contribution in [3.05, 3.63) is 29.6 Å². The molecule has 2 aromatic heterocycles. The number of fused-ring (bicyclic) bond motifs is 3. The van der Waals surface area contributed by atoms with Gasteiger partial charge in [-0.1, -0.05) is 0 Å². The Hall–Kier alpha value is -2.24. The number of aromatic hydroxyl groups is 1. The van der Waals surface area contributed by atoms with Gasteiger partial charge in [-0.05, 0) is 6.92 Å². The van der Waals surface area contributed by atoms with Crippen molar-refractivity contribution < 1.29 is 13.9 Å². The van der Waals surface area contributed by atoms with Crippen molar-refractivity contribution in [2.45, 2.75) is 6.92 Å². The van der Waals surface area contributed by atoms with Crippen LogP contribution in [0.2, 0.25) is 0 Å². The number of nitrogens with zero attached hydrogens (tertiary/aromatic N) is 2. The minimum atomic E-state index is -0.863. The number of pyridine rings is 1. The summed E-state index contributed by atoms with van der Waals surface area (Å²) in [4.78, 5) is 4.09. The molecule has 2 N–H and O–H groups in total. The molecular weight excluding hydrogens is 228 g/mol. The summed E-state index contributed by atoms with van der Waals surface area (Å²) in [6.07, 6.45) is 1.35. The molecule has 0 aliphatic rings. The molecule has 0 atom stereocenters. The smallest absolute Gasteiger partial charge is 0.173 e. The van der Waals surface area contributed by atoms with E-state index in [0.29, 0.717) is 16.7 Å². The summed E-state index contributed by atoms with van der Waals surface area (Å²) < 4.78 is 27.6. The number of phenols is 1. The normalized spacial score (nSPS) is 11.5. The maximum Gasteiger partial charge on any atom is 0.173 e. The van der Waals surface area contributed by atoms with Gasteiger partial charge in [0, 0.05) is 22.2 Å². The summed E-state index contributed by atoms with van der Waals surface area (Å²) in [5.74, 6) is -2.28. The van der Waals surface area contributed by atoms with Gasteiger partial charge >= 0.3 is 0 Å². The van der Waals surface area contributed by atoms with Crippen molar-refractivity contribution in [3.63, 3.8) is 0 Å². The van der Waals surface area contributed by atoms with Crippen molar-refractivity contribution in [2.75, 3.05) is 0 Å². The number of halogens is 2. The van der Waals surface area contributed by atoms with E-state index < -0.39 is 17.4 Å². The molecule has 2 heterocycles. The summed E-state index contributed by atoms with van der Waals surface area (Å²) in [7, 11) is 0. The number of aryl methyl sites for hydroxylation is 1. The number of hydrogen-bond donors (Lipinski definition) is 2. The second-order valence-corrected chi connectivity index (χ2v) is 3.77. The molecule has 3 rings (SSSR count). The fourth-order valence-corrected chi connectivity index (χ4v) is 1.99. The van der Waals surface area contributed by atoms with Crippen LogP contribution in [0.25, 0.3) is 21.8 Å². The van der Waals surface area contributed by atoms with E-state index in [2.05, 4.69) is 15.2 Å². The fraction of sp³-hybridized carbons (Fsp3) is 0.0909. The van der Waals surface area contributed by atoms with E-state index in [-0.39, 0.29) is 10.8 Å². The van der Waals surface area contributed by atoms with E-state index in [1.165, 1.54) is 6.20 Å². The molecule has 0 aliphatic heterocycles. The highest BCUT2D eigenvalue weighted by Crippen LogP contribution is 2.33. The second kappa shape index (κ2) is 3.13. The van der Waals surface area contributed by atoms with Crippen LogP contribution >= 0.6 is 0 Å². The van der Waals surface area contributed by atoms with E-state index in [0.717, 1.165) is 6.07 Å². The quantitative estimate of drug-likeness (QED) is 0.629. The highest BCUT2D eigenvalue weighted by Gasteiger charge is 2.18. The number of benzene rings is 1. The van der Waals surface area contributed by atoms with E-state index in [1.54, 1.807) is 6.92 Å². The Morgan fingerprint density at radius 2 is 2.06 bits per heavy atom. The first-order valence-electron chi connectivity index (χ1n) is 4.90. The first kappa shape index (κ1) is 9.95. The van der Waals surface area contributed by atoms with E-state index in [9.17, 15) is 13.9 Å². The minimum absolute atomic E-state index is 0.00116. The third kappa shape index (κ3) is 1.20. The van der Waals surface area contributed by atoms with Crippen LogP contribution in [-0.2, 0) is 0 Å². The minimum Gasteiger partial charge on any atom is -0.505 e. The maximum absolute atomic E-state index is 13.9. The molecule has 1 aromatic carbocycles. The number of aromatic amines is 1. The van der Waals surface area contributed by atoms with Gasteiger partial charge in [-0.3, -0.25) is 5.10 Å². The van der Waals surface area contributed by atoms with Gasteiger partial charge in [0.2, 0.25) is 0 Å². The lowest BCUT2D eigenvalue weighted by molar-refractivity contribution is 0.431. The van der Waals surface area contributed by atoms with Gasteiger partial charge in [0.25, 0.3) is 0 Å². The van der Waals surface area contributed by atoms with Gasteiger partial charge in [0.1, 0.15) is 5.82 Å². The largest absolute Gasteiger partial charge is 0.505 e. The number of aromatic nitrogens is 3. The first-order valence-corrected chi connectivity index (χ1v) is 4.90. The molecule has 4 nitrogen and oxygen atoms in total. The number of H-pyrrole nitrogens is 1. The Morgan fingerprint density at radius 3 is 2.82 bits per heavy atom. The SMILES string of the molecule is Cc1nc2[nH]ncc2c2c(F)c(O)cc(F)c12. The number of phenolic OH excluding ortho intramolecular Hbond substituents is 1. The molecule has 86 valence electrons. The van der Waals surface area contributed by atoms with E-state index in [4.69, 9.17) is 0 Å². The third-order valence-corrected chi connectivity index (χ3v) is 2.73. The fourth-order valence-electron chi connectivity index (χ4n) is 1.99. The monoisotopic (exact) mass is 235 g/mol. The highest BCUT2D eigenvalue weighted by atomic mass is 19.1. The zero-order valence-electron chi connectivity index (χ0n) is 8.75. The van der Waals surface area contributed by atoms with Gasteiger partial charge < -0.3 is 5.11 Å². The average molecular weight is 235 g/mol. The van der Waals surface area contributed by atoms with Crippen molar-refractivity contribution in [3.8, 4) is 5.75 Å². The predicted molar refractivity (Wildman–Crippen MR) is 57.7 cm³/mol. The van der Waals surface area contributed by atoms with Gasteiger partial charge in [-0.2, -0.15) is 5.10 Å². The molecule has 6 heteroatoms. The lowest BCUT2D eigenvalue weighted by atomic mass is 10.1. The van der Waals surface area contributed by atoms with E-state index in [1.807, 2.05) is 0 Å². The molecule has 0 amide bonds. The van der Waals surface area contributed by atoms with Crippen molar-refractivity contribution in [1.82, 2.24) is 15.2 Å². The van der Waals surface area contributed by atoms with Crippen LogP contribution in [-0.4, -0.2) is 20.3 Å². The molecule has 0 fully saturated rings. The van der Waals surface area contributed by atoms with Gasteiger partial charge in [-0.25, -0.2) is 13.8 Å². The third-order valence-electron chi connectivity index (χ3n) is 2.73. The zero-order valence-corrected chi connectivity index (χ0v) is 8.75. The standard InChI is InChI=1S/C11H7F2N3O/c1-4-8-6(12)2-7(17)10(13)9(8)5-3-14-16-11(5)15-4/h2-3,17H,1H3,(H,14,15,16). The summed E-state index contributed by atoms with van der Waals surface area (Å²) in [6, 6.07) is 0.748. The topological polar surface area (TPSA) is 61.8 Å². The summed E-state index contributed by atoms with van der Waals surface area (Å²) in [6.45, 7) is 1.57. The van der Waals surface area contributed by atoms with Gasteiger partial charge in [0.05, 0.1) is 11.9 Å². The lowest BCUT2D eigenvalue weighted by Gasteiger charge is -2.06. The van der Waals surface area contributed by atoms with Crippen LogP contribution in [0.3, 0.4) is 0 Å². The molecule has 0 unspecified atom stereocenters. The lowest BCUT2D eigenvalue weighted by Crippen LogP contribution is -1.93. The van der Waals surface area contributed by atoms with Crippen molar-refractivity contribution in [2.24, 2.45) is 0 Å². The van der Waals surface area contributed by atoms with Crippen molar-refractivity contribution in [1.29, 1.82) is 0 Å². The molecule has 3 aromatic rings. The number of rotatable bonds is 0. The molecule has 0 saturated carbocycles. The Bertz CT molecular complexity index is 751. The molecule has 0 radical (unpaired) electrons. The Labute approximate surface area is 93.9 Å². The molecule has 0 spiro atoms. The maximum atomic E-state index is 13.9. The second-order valence-electron chi connectivity index (χ2n) is 3.77. The van der Waals surface area contributed by atoms with Crippen LogP contribution in [0.4, 0.5) is 8.78 Å². The Kier molecular flexibility index (Phi) is 1.83. The van der Waals surface area contributed by atoms with Crippen LogP contribution in [0.1, 0.15) is 5.69 Å². The number of nitrogens with one attached hydrogen (secondary N) is 1. The Balaban J connectivity index is 2.71. The Morgan fingerprint density at radius 1 is 1.29 bits per heavy atom. The molecule has 0 bridgehead atoms. The summed E-state index contributed by atoms with van der Waals surface area (Å²) in [5, 5.41) is 16.0. The number of hydrogen-bond acceptors (Lipinski definition) is 3. The van der Waals surface area contributed by atoms with Crippen LogP contribution in [0, 0.1) is 18.6 Å². The van der Waals surface area contributed by atoms with Crippen LogP contribution < -0.4 is 0 Å². The van der Waals surface area contributed by atoms with Crippen LogP contribution in [0.15, 0.2) is 12.3 Å². The van der Waals surface area contributed by atoms with E-state index >= 15 is 0 Å². The average Bonchev–Trinajstić information content (AvgIpc) is 2.71. The molecular formula is C11H7F2N3O.